The molecule has 0 saturated carbocycles. The number of aromatic nitrogens is 1. The van der Waals surface area contributed by atoms with Gasteiger partial charge in [0.05, 0.1) is 28.7 Å². The lowest BCUT2D eigenvalue weighted by atomic mass is 9.97. The first-order valence-electron chi connectivity index (χ1n) is 10.0. The predicted molar refractivity (Wildman–Crippen MR) is 124 cm³/mol. The Morgan fingerprint density at radius 2 is 2.03 bits per heavy atom. The highest BCUT2D eigenvalue weighted by atomic mass is 32.1. The Labute approximate surface area is 191 Å². The van der Waals surface area contributed by atoms with Gasteiger partial charge in [-0.25, -0.2) is 9.79 Å². The van der Waals surface area contributed by atoms with Gasteiger partial charge in [0.2, 0.25) is 0 Å². The molecule has 8 heteroatoms. The van der Waals surface area contributed by atoms with Gasteiger partial charge in [-0.3, -0.25) is 9.36 Å². The van der Waals surface area contributed by atoms with Gasteiger partial charge in [-0.1, -0.05) is 47.7 Å². The molecule has 5 rings (SSSR count). The van der Waals surface area contributed by atoms with E-state index in [9.17, 15) is 9.59 Å². The minimum absolute atomic E-state index is 0.225. The molecule has 0 fully saturated rings. The second-order valence-corrected chi connectivity index (χ2v) is 8.95. The normalized spacial score (nSPS) is 16.0. The maximum absolute atomic E-state index is 13.5. The van der Waals surface area contributed by atoms with Crippen molar-refractivity contribution < 1.29 is 13.9 Å². The van der Waals surface area contributed by atoms with Crippen LogP contribution in [0.25, 0.3) is 11.8 Å². The Morgan fingerprint density at radius 3 is 2.72 bits per heavy atom. The molecular weight excluding hydrogens is 444 g/mol. The van der Waals surface area contributed by atoms with E-state index in [0.717, 1.165) is 10.4 Å². The Hall–Kier alpha value is -3.49. The summed E-state index contributed by atoms with van der Waals surface area (Å²) in [6.45, 7) is 1.99. The maximum Gasteiger partial charge on any atom is 0.338 e. The minimum Gasteiger partial charge on any atom is -0.465 e. The van der Waals surface area contributed by atoms with E-state index in [1.54, 1.807) is 36.0 Å². The molecule has 1 atom stereocenters. The average molecular weight is 463 g/mol. The van der Waals surface area contributed by atoms with Gasteiger partial charge in [-0.15, -0.1) is 11.3 Å². The Balaban J connectivity index is 1.83. The molecule has 32 heavy (non-hydrogen) atoms. The Kier molecular flexibility index (Phi) is 5.46. The van der Waals surface area contributed by atoms with Crippen molar-refractivity contribution in [2.45, 2.75) is 13.0 Å². The standard InChI is InChI=1S/C24H18N2O4S2/c1-2-29-23(28)19-20(15-8-4-3-5-9-15)25-24-26(21(19)17-11-7-13-31-17)22(27)18(32-24)14-16-10-6-12-30-16/h3-14,21H,2H2,1H3/b18-14-/t21-/m1/s1. The van der Waals surface area contributed by atoms with E-state index in [-0.39, 0.29) is 12.2 Å². The number of rotatable bonds is 5. The summed E-state index contributed by atoms with van der Waals surface area (Å²) in [6, 6.07) is 16.3. The number of carbonyl (C=O) groups excluding carboxylic acids is 1. The van der Waals surface area contributed by atoms with Crippen LogP contribution in [0, 0.1) is 0 Å². The summed E-state index contributed by atoms with van der Waals surface area (Å²) in [5.41, 5.74) is 1.45. The molecule has 4 aromatic rings. The zero-order chi connectivity index (χ0) is 22.1. The summed E-state index contributed by atoms with van der Waals surface area (Å²) < 4.78 is 12.9. The van der Waals surface area contributed by atoms with Crippen molar-refractivity contribution >= 4 is 40.4 Å². The summed E-state index contributed by atoms with van der Waals surface area (Å²) >= 11 is 2.76. The first-order valence-corrected chi connectivity index (χ1v) is 11.7. The number of furan rings is 1. The molecule has 0 aliphatic carbocycles. The minimum atomic E-state index is -0.626. The lowest BCUT2D eigenvalue weighted by molar-refractivity contribution is -0.138. The molecule has 0 bridgehead atoms. The van der Waals surface area contributed by atoms with Crippen LogP contribution in [0.2, 0.25) is 0 Å². The van der Waals surface area contributed by atoms with Crippen molar-refractivity contribution in [3.05, 3.63) is 108 Å². The van der Waals surface area contributed by atoms with Gasteiger partial charge in [0.1, 0.15) is 11.8 Å². The number of fused-ring (bicyclic) bond motifs is 1. The first kappa shape index (κ1) is 20.4. The number of ether oxygens (including phenoxy) is 1. The second kappa shape index (κ2) is 8.57. The molecule has 160 valence electrons. The third kappa shape index (κ3) is 3.57. The number of esters is 1. The van der Waals surface area contributed by atoms with Gasteiger partial charge >= 0.3 is 5.97 Å². The number of carbonyl (C=O) groups is 1. The molecular formula is C24H18N2O4S2. The fourth-order valence-corrected chi connectivity index (χ4v) is 5.46. The molecule has 0 spiro atoms. The SMILES string of the molecule is CCOC(=O)C1=C(c2ccccc2)N=c2s/c(=C\c3ccco3)c(=O)n2[C@@H]1c1cccs1. The summed E-state index contributed by atoms with van der Waals surface area (Å²) in [5.74, 6) is 0.102. The first-order chi connectivity index (χ1) is 15.7. The molecule has 1 aliphatic heterocycles. The molecule has 0 saturated heterocycles. The van der Waals surface area contributed by atoms with E-state index in [4.69, 9.17) is 14.1 Å². The van der Waals surface area contributed by atoms with Crippen LogP contribution in [0.1, 0.15) is 29.2 Å². The van der Waals surface area contributed by atoms with Crippen LogP contribution < -0.4 is 14.9 Å². The van der Waals surface area contributed by atoms with Crippen LogP contribution >= 0.6 is 22.7 Å². The lowest BCUT2D eigenvalue weighted by Gasteiger charge is -2.24. The fraction of sp³-hybridized carbons (Fsp3) is 0.125. The summed E-state index contributed by atoms with van der Waals surface area (Å²) in [4.78, 5) is 32.9. The molecule has 0 radical (unpaired) electrons. The van der Waals surface area contributed by atoms with Crippen molar-refractivity contribution in [2.75, 3.05) is 6.61 Å². The van der Waals surface area contributed by atoms with Crippen molar-refractivity contribution in [2.24, 2.45) is 4.99 Å². The van der Waals surface area contributed by atoms with E-state index in [1.807, 2.05) is 47.8 Å². The number of thiophene rings is 1. The van der Waals surface area contributed by atoms with E-state index < -0.39 is 12.0 Å². The van der Waals surface area contributed by atoms with Crippen molar-refractivity contribution in [3.63, 3.8) is 0 Å². The second-order valence-electron chi connectivity index (χ2n) is 6.96. The van der Waals surface area contributed by atoms with Gasteiger partial charge in [0, 0.05) is 16.5 Å². The van der Waals surface area contributed by atoms with Gasteiger partial charge in [0.15, 0.2) is 4.80 Å². The highest BCUT2D eigenvalue weighted by Crippen LogP contribution is 2.36. The third-order valence-electron chi connectivity index (χ3n) is 5.00. The number of thiazole rings is 1. The van der Waals surface area contributed by atoms with Crippen molar-refractivity contribution in [3.8, 4) is 0 Å². The largest absolute Gasteiger partial charge is 0.465 e. The van der Waals surface area contributed by atoms with Crippen LogP contribution in [0.15, 0.2) is 86.0 Å². The molecule has 0 amide bonds. The van der Waals surface area contributed by atoms with Crippen LogP contribution in [0.4, 0.5) is 0 Å². The molecule has 0 unspecified atom stereocenters. The quantitative estimate of drug-likeness (QED) is 0.425. The number of hydrogen-bond donors (Lipinski definition) is 0. The van der Waals surface area contributed by atoms with E-state index in [1.165, 1.54) is 22.7 Å². The third-order valence-corrected chi connectivity index (χ3v) is 6.91. The highest BCUT2D eigenvalue weighted by molar-refractivity contribution is 7.10. The topological polar surface area (TPSA) is 73.8 Å². The van der Waals surface area contributed by atoms with Crippen molar-refractivity contribution in [1.82, 2.24) is 4.57 Å². The van der Waals surface area contributed by atoms with Crippen LogP contribution in [0.3, 0.4) is 0 Å². The molecule has 4 heterocycles. The van der Waals surface area contributed by atoms with Crippen LogP contribution in [-0.2, 0) is 9.53 Å². The van der Waals surface area contributed by atoms with Gasteiger partial charge in [-0.05, 0) is 30.5 Å². The van der Waals surface area contributed by atoms with Gasteiger partial charge < -0.3 is 9.15 Å². The molecule has 0 N–H and O–H groups in total. The highest BCUT2D eigenvalue weighted by Gasteiger charge is 2.35. The Bertz CT molecular complexity index is 1460. The number of nitrogens with zero attached hydrogens (tertiary/aromatic N) is 2. The zero-order valence-electron chi connectivity index (χ0n) is 17.1. The van der Waals surface area contributed by atoms with Gasteiger partial charge in [-0.2, -0.15) is 0 Å². The van der Waals surface area contributed by atoms with E-state index >= 15 is 0 Å². The lowest BCUT2D eigenvalue weighted by Crippen LogP contribution is -2.39. The van der Waals surface area contributed by atoms with Crippen molar-refractivity contribution in [1.29, 1.82) is 0 Å². The predicted octanol–water partition coefficient (Wildman–Crippen LogP) is 3.59. The van der Waals surface area contributed by atoms with Crippen LogP contribution in [0.5, 0.6) is 0 Å². The number of hydrogen-bond acceptors (Lipinski definition) is 7. The molecule has 6 nitrogen and oxygen atoms in total. The smallest absolute Gasteiger partial charge is 0.338 e. The molecule has 1 aromatic carbocycles. The summed E-state index contributed by atoms with van der Waals surface area (Å²) in [6.07, 6.45) is 3.26. The average Bonchev–Trinajstić information content (AvgIpc) is 3.57. The van der Waals surface area contributed by atoms with E-state index in [2.05, 4.69) is 0 Å². The van der Waals surface area contributed by atoms with Gasteiger partial charge in [0.25, 0.3) is 5.56 Å². The van der Waals surface area contributed by atoms with E-state index in [0.29, 0.717) is 26.4 Å². The zero-order valence-corrected chi connectivity index (χ0v) is 18.7. The molecule has 1 aliphatic rings. The maximum atomic E-state index is 13.5. The summed E-state index contributed by atoms with van der Waals surface area (Å²) in [7, 11) is 0. The summed E-state index contributed by atoms with van der Waals surface area (Å²) in [5, 5.41) is 1.93. The fourth-order valence-electron chi connectivity index (χ4n) is 3.66. The van der Waals surface area contributed by atoms with Crippen LogP contribution in [-0.4, -0.2) is 17.1 Å². The Morgan fingerprint density at radius 1 is 1.19 bits per heavy atom. The monoisotopic (exact) mass is 462 g/mol. The number of benzene rings is 1. The molecule has 3 aromatic heterocycles.